The number of hydrogen-bond acceptors (Lipinski definition) is 12. The van der Waals surface area contributed by atoms with E-state index in [0.29, 0.717) is 57.2 Å². The van der Waals surface area contributed by atoms with Crippen LogP contribution in [0, 0.1) is 13.8 Å². The van der Waals surface area contributed by atoms with Crippen molar-refractivity contribution in [3.8, 4) is 0 Å². The number of aryl methyl sites for hydroxylation is 5. The van der Waals surface area contributed by atoms with E-state index in [-0.39, 0.29) is 45.1 Å². The zero-order valence-corrected chi connectivity index (χ0v) is 52.9. The van der Waals surface area contributed by atoms with Crippen LogP contribution in [-0.2, 0) is 72.1 Å². The van der Waals surface area contributed by atoms with Crippen molar-refractivity contribution in [1.82, 2.24) is 15.0 Å². The van der Waals surface area contributed by atoms with Crippen LogP contribution in [0.15, 0.2) is 252 Å². The normalized spacial score (nSPS) is 11.8. The molecule has 0 saturated heterocycles. The van der Waals surface area contributed by atoms with Gasteiger partial charge in [0.1, 0.15) is 0 Å². The molecule has 3 aromatic heterocycles. The van der Waals surface area contributed by atoms with Gasteiger partial charge in [0.2, 0.25) is 29.5 Å². The molecular weight excluding hydrogens is 1260 g/mol. The summed E-state index contributed by atoms with van der Waals surface area (Å²) in [5.41, 5.74) is 7.07. The van der Waals surface area contributed by atoms with E-state index in [2.05, 4.69) is 15.0 Å². The molecule has 462 valence electrons. The average Bonchev–Trinajstić information content (AvgIpc) is 1.76. The van der Waals surface area contributed by atoms with E-state index in [1.807, 2.05) is 68.4 Å². The Balaban J connectivity index is 0.000000176. The van der Waals surface area contributed by atoms with E-state index in [4.69, 9.17) is 31.6 Å². The number of aromatic amines is 3. The minimum Gasteiger partial charge on any atom is -0.396 e. The molecule has 0 aliphatic carbocycles. The minimum absolute atomic E-state index is 0. The number of aliphatic hydroxyl groups excluding tert-OH is 1. The number of alkyl halides is 1. The highest BCUT2D eigenvalue weighted by Gasteiger charge is 2.26. The fourth-order valence-corrected chi connectivity index (χ4v) is 15.9. The van der Waals surface area contributed by atoms with Gasteiger partial charge in [-0.05, 0) is 148 Å². The molecule has 8 aromatic carbocycles. The Hall–Kier alpha value is -7.37. The van der Waals surface area contributed by atoms with Crippen LogP contribution in [0.4, 0.5) is 0 Å². The zero-order chi connectivity index (χ0) is 62.4. The Morgan fingerprint density at radius 2 is 0.727 bits per heavy atom. The van der Waals surface area contributed by atoms with Gasteiger partial charge in [-0.15, -0.1) is 11.6 Å². The molecule has 0 atom stereocenters. The maximum atomic E-state index is 13.2. The van der Waals surface area contributed by atoms with Gasteiger partial charge in [0.15, 0.2) is 0 Å². The van der Waals surface area contributed by atoms with Crippen LogP contribution in [0.5, 0.6) is 0 Å². The lowest BCUT2D eigenvalue weighted by Gasteiger charge is -2.09. The summed E-state index contributed by atoms with van der Waals surface area (Å²) in [6, 6.07) is 55.1. The highest BCUT2D eigenvalue weighted by Crippen LogP contribution is 2.35. The first-order chi connectivity index (χ1) is 41.6. The number of fused-ring (bicyclic) bond motifs is 3. The predicted octanol–water partition coefficient (Wildman–Crippen LogP) is 14.3. The summed E-state index contributed by atoms with van der Waals surface area (Å²) < 4.78 is 129. The summed E-state index contributed by atoms with van der Waals surface area (Å²) in [6.07, 6.45) is 8.35. The molecule has 11 aromatic rings. The van der Waals surface area contributed by atoms with Crippen LogP contribution in [0.1, 0.15) is 54.5 Å². The number of hydrogen-bond donors (Lipinski definition) is 4. The number of nitrogens with one attached hydrogen (secondary N) is 3. The maximum absolute atomic E-state index is 13.2. The van der Waals surface area contributed by atoms with Crippen molar-refractivity contribution in [3.63, 3.8) is 0 Å². The zero-order valence-electron chi connectivity index (χ0n) is 47.3. The van der Waals surface area contributed by atoms with Gasteiger partial charge >= 0.3 is 0 Å². The predicted molar refractivity (Wildman–Crippen MR) is 349 cm³/mol. The van der Waals surface area contributed by atoms with Gasteiger partial charge in [0.05, 0.1) is 45.8 Å². The largest absolute Gasteiger partial charge is 0.396 e. The van der Waals surface area contributed by atoms with Crippen molar-refractivity contribution < 1.29 is 51.4 Å². The molecular formula is C66H67Cl2N3O12S5. The fourth-order valence-electron chi connectivity index (χ4n) is 9.55. The summed E-state index contributed by atoms with van der Waals surface area (Å²) in [5, 5.41) is 11.2. The molecule has 0 fully saturated rings. The molecule has 0 aliphatic rings. The minimum atomic E-state index is -3.83. The van der Waals surface area contributed by atoms with Gasteiger partial charge in [-0.25, -0.2) is 33.7 Å². The lowest BCUT2D eigenvalue weighted by molar-refractivity contribution is 0.288. The molecule has 0 bridgehead atoms. The lowest BCUT2D eigenvalue weighted by Crippen LogP contribution is -2.08. The van der Waals surface area contributed by atoms with Crippen LogP contribution >= 0.6 is 22.3 Å². The number of benzene rings is 8. The molecule has 0 radical (unpaired) electrons. The SMILES string of the molecule is C.Cc1ccc(S(=O)(=O)Cl)cc1.Cc1ccc(S(=O)(=O)OCCCc2cccc3[nH]cc(S(=O)(=O)c4ccccc4)c23)cc1.O=S(=O)(c1ccccc1)c1c[nH]c2cccc(CCCCl)c12.O=S(=O)(c1ccccc1)c1c[nH]c2cccc(CCCO)c12. The summed E-state index contributed by atoms with van der Waals surface area (Å²) in [7, 11) is -13.1. The summed E-state index contributed by atoms with van der Waals surface area (Å²) >= 11 is 5.78. The van der Waals surface area contributed by atoms with Crippen molar-refractivity contribution in [2.45, 2.75) is 99.0 Å². The van der Waals surface area contributed by atoms with Crippen molar-refractivity contribution in [2.75, 3.05) is 19.1 Å². The van der Waals surface area contributed by atoms with Gasteiger partial charge in [0.25, 0.3) is 19.2 Å². The smallest absolute Gasteiger partial charge is 0.296 e. The van der Waals surface area contributed by atoms with E-state index in [1.165, 1.54) is 30.5 Å². The van der Waals surface area contributed by atoms with E-state index in [9.17, 15) is 42.1 Å². The van der Waals surface area contributed by atoms with E-state index < -0.39 is 48.7 Å². The van der Waals surface area contributed by atoms with Crippen molar-refractivity contribution in [1.29, 1.82) is 0 Å². The van der Waals surface area contributed by atoms with Crippen LogP contribution in [0.25, 0.3) is 32.7 Å². The molecule has 15 nitrogen and oxygen atoms in total. The molecule has 11 rings (SSSR count). The second-order valence-corrected chi connectivity index (χ2v) is 30.3. The van der Waals surface area contributed by atoms with Crippen LogP contribution in [0.3, 0.4) is 0 Å². The van der Waals surface area contributed by atoms with Crippen molar-refractivity contribution in [3.05, 3.63) is 241 Å². The number of aliphatic hydroxyl groups is 1. The number of rotatable bonds is 19. The molecule has 0 unspecified atom stereocenters. The Kier molecular flexibility index (Phi) is 23.4. The van der Waals surface area contributed by atoms with Crippen LogP contribution < -0.4 is 0 Å². The van der Waals surface area contributed by atoms with Crippen LogP contribution in [0.2, 0.25) is 0 Å². The van der Waals surface area contributed by atoms with Crippen LogP contribution in [-0.4, -0.2) is 81.2 Å². The van der Waals surface area contributed by atoms with E-state index in [1.54, 1.807) is 128 Å². The first-order valence-corrected chi connectivity index (χ1v) is 36.1. The summed E-state index contributed by atoms with van der Waals surface area (Å²) in [4.78, 5) is 11.1. The number of aromatic nitrogens is 3. The first-order valence-electron chi connectivity index (χ1n) is 27.4. The van der Waals surface area contributed by atoms with Gasteiger partial charge in [-0.2, -0.15) is 8.42 Å². The molecule has 0 spiro atoms. The van der Waals surface area contributed by atoms with Gasteiger partial charge in [0, 0.05) is 74.5 Å². The van der Waals surface area contributed by atoms with E-state index >= 15 is 0 Å². The third kappa shape index (κ3) is 16.5. The molecule has 0 saturated carbocycles. The van der Waals surface area contributed by atoms with Gasteiger partial charge in [-0.3, -0.25) is 4.18 Å². The summed E-state index contributed by atoms with van der Waals surface area (Å²) in [6.45, 7) is 3.84. The van der Waals surface area contributed by atoms with Gasteiger partial charge in [-0.1, -0.05) is 134 Å². The average molecular weight is 1330 g/mol. The third-order valence-corrected chi connectivity index (χ3v) is 22.3. The van der Waals surface area contributed by atoms with Crippen molar-refractivity contribution in [2.24, 2.45) is 0 Å². The molecule has 88 heavy (non-hydrogen) atoms. The molecule has 3 heterocycles. The molecule has 0 amide bonds. The monoisotopic (exact) mass is 1320 g/mol. The Labute approximate surface area is 524 Å². The summed E-state index contributed by atoms with van der Waals surface area (Å²) in [5.74, 6) is 0.557. The topological polar surface area (TPSA) is 248 Å². The maximum Gasteiger partial charge on any atom is 0.296 e. The third-order valence-electron chi connectivity index (χ3n) is 13.9. The molecule has 4 N–H and O–H groups in total. The molecule has 0 aliphatic heterocycles. The molecule has 22 heteroatoms. The van der Waals surface area contributed by atoms with Crippen molar-refractivity contribution >= 4 is 104 Å². The second-order valence-electron chi connectivity index (χ2n) is 20.0. The standard InChI is InChI=1S/C24H23NO5S2.C17H16ClNO2S.C17H17NO3S.C7H7ClO2S.CH4/c1-18-12-14-21(15-13-18)32(28,29)30-16-6-8-19-7-5-11-22-24(19)23(17-25-22)31(26,27)20-9-3-2-4-10-20;18-11-5-7-13-6-4-10-15-17(13)16(12-19-15)22(20,21)14-8-2-1-3-9-14;19-11-5-7-13-6-4-10-15-17(13)16(12-18-15)22(20,21)14-8-2-1-3-9-14;1-6-2-4-7(5-3-6)11(8,9)10;/h2-5,7,9-15,17,25H,6,8,16H2,1H3;1-4,6,8-10,12,19H,5,7,11H2;1-4,6,8-10,12,18-19H,5,7,11H2;2-5H,1H3;1H4. The number of sulfone groups is 3. The highest BCUT2D eigenvalue weighted by atomic mass is 35.7. The fraction of sp³-hybridized carbons (Fsp3) is 0.182. The number of H-pyrrole nitrogens is 3. The first kappa shape index (κ1) is 68.1. The lowest BCUT2D eigenvalue weighted by atomic mass is 10.1. The Morgan fingerprint density at radius 1 is 0.398 bits per heavy atom. The highest BCUT2D eigenvalue weighted by molar-refractivity contribution is 8.13. The second kappa shape index (κ2) is 30.2. The number of halogens is 2. The Morgan fingerprint density at radius 3 is 1.06 bits per heavy atom. The quantitative estimate of drug-likeness (QED) is 0.0255. The Bertz CT molecular complexity index is 4550. The van der Waals surface area contributed by atoms with Gasteiger partial charge < -0.3 is 20.1 Å². The van der Waals surface area contributed by atoms with E-state index in [0.717, 1.165) is 62.5 Å².